The molecular weight excluding hydrogens is 366 g/mol. The Morgan fingerprint density at radius 1 is 1.22 bits per heavy atom. The van der Waals surface area contributed by atoms with Crippen molar-refractivity contribution in [3.8, 4) is 10.7 Å². The first-order chi connectivity index (χ1) is 13.2. The summed E-state index contributed by atoms with van der Waals surface area (Å²) >= 11 is 1.55. The van der Waals surface area contributed by atoms with E-state index in [0.717, 1.165) is 10.4 Å². The van der Waals surface area contributed by atoms with Crippen LogP contribution in [0.4, 0.5) is 0 Å². The molecule has 0 saturated heterocycles. The lowest BCUT2D eigenvalue weighted by atomic mass is 10.1. The summed E-state index contributed by atoms with van der Waals surface area (Å²) in [6, 6.07) is 10.8. The zero-order chi connectivity index (χ0) is 19.1. The Morgan fingerprint density at radius 3 is 2.74 bits per heavy atom. The molecule has 0 fully saturated rings. The number of aromatic nitrogens is 2. The van der Waals surface area contributed by atoms with Gasteiger partial charge in [0.2, 0.25) is 17.6 Å². The van der Waals surface area contributed by atoms with Crippen LogP contribution < -0.4 is 5.32 Å². The largest absolute Gasteiger partial charge is 0.465 e. The Labute approximate surface area is 160 Å². The number of nitrogens with zero attached hydrogens (tertiary/aromatic N) is 2. The smallest absolute Gasteiger partial charge is 0.337 e. The van der Waals surface area contributed by atoms with Crippen LogP contribution in [0, 0.1) is 0 Å². The number of carbonyl (C=O) groups excluding carboxylic acids is 2. The molecule has 0 saturated carbocycles. The van der Waals surface area contributed by atoms with Crippen LogP contribution in [0.2, 0.25) is 0 Å². The standard InChI is InChI=1S/C19H19N3O4S/c1-25-19(24)14-9-7-13(8-10-14)12-20-16(23)5-2-6-17-21-18(22-26-17)15-4-3-11-27-15/h3-4,7-11H,2,5-6,12H2,1H3,(H,20,23). The van der Waals surface area contributed by atoms with E-state index in [1.54, 1.807) is 35.6 Å². The van der Waals surface area contributed by atoms with Gasteiger partial charge in [-0.2, -0.15) is 4.98 Å². The normalized spacial score (nSPS) is 10.6. The molecule has 0 aliphatic heterocycles. The van der Waals surface area contributed by atoms with Crippen LogP contribution in [0.3, 0.4) is 0 Å². The second-order valence-electron chi connectivity index (χ2n) is 5.81. The Hall–Kier alpha value is -3.00. The van der Waals surface area contributed by atoms with Crippen LogP contribution in [-0.2, 0) is 22.5 Å². The predicted octanol–water partition coefficient (Wildman–Crippen LogP) is 3.22. The molecule has 3 aromatic rings. The number of hydrogen-bond acceptors (Lipinski definition) is 7. The number of carbonyl (C=O) groups is 2. The lowest BCUT2D eigenvalue weighted by molar-refractivity contribution is -0.121. The van der Waals surface area contributed by atoms with Crippen molar-refractivity contribution < 1.29 is 18.8 Å². The molecule has 1 amide bonds. The number of methoxy groups -OCH3 is 1. The highest BCUT2D eigenvalue weighted by Crippen LogP contribution is 2.21. The van der Waals surface area contributed by atoms with E-state index in [-0.39, 0.29) is 11.9 Å². The topological polar surface area (TPSA) is 94.3 Å². The SMILES string of the molecule is COC(=O)c1ccc(CNC(=O)CCCc2nc(-c3cccs3)no2)cc1. The fraction of sp³-hybridized carbons (Fsp3) is 0.263. The van der Waals surface area contributed by atoms with E-state index in [9.17, 15) is 9.59 Å². The lowest BCUT2D eigenvalue weighted by Gasteiger charge is -2.06. The molecule has 7 nitrogen and oxygen atoms in total. The van der Waals surface area contributed by atoms with E-state index in [1.807, 2.05) is 17.5 Å². The van der Waals surface area contributed by atoms with Crippen molar-refractivity contribution in [2.75, 3.05) is 7.11 Å². The van der Waals surface area contributed by atoms with Crippen LogP contribution in [-0.4, -0.2) is 29.1 Å². The first-order valence-corrected chi connectivity index (χ1v) is 9.34. The van der Waals surface area contributed by atoms with Gasteiger partial charge in [-0.1, -0.05) is 23.4 Å². The van der Waals surface area contributed by atoms with Crippen LogP contribution in [0.25, 0.3) is 10.7 Å². The van der Waals surface area contributed by atoms with E-state index in [0.29, 0.717) is 43.1 Å². The van der Waals surface area contributed by atoms with Gasteiger partial charge in [0.05, 0.1) is 17.6 Å². The van der Waals surface area contributed by atoms with E-state index < -0.39 is 0 Å². The van der Waals surface area contributed by atoms with Crippen LogP contribution in [0.5, 0.6) is 0 Å². The first kappa shape index (κ1) is 18.8. The molecule has 1 N–H and O–H groups in total. The van der Waals surface area contributed by atoms with Crippen LogP contribution in [0.1, 0.15) is 34.7 Å². The van der Waals surface area contributed by atoms with Crippen molar-refractivity contribution >= 4 is 23.2 Å². The van der Waals surface area contributed by atoms with Gasteiger partial charge in [0.15, 0.2) is 0 Å². The molecule has 140 valence electrons. The number of amides is 1. The Kier molecular flexibility index (Phi) is 6.32. The second kappa shape index (κ2) is 9.09. The van der Waals surface area contributed by atoms with Crippen molar-refractivity contribution in [1.82, 2.24) is 15.5 Å². The third kappa shape index (κ3) is 5.24. The number of hydrogen-bond donors (Lipinski definition) is 1. The molecule has 0 spiro atoms. The highest BCUT2D eigenvalue weighted by molar-refractivity contribution is 7.13. The van der Waals surface area contributed by atoms with Crippen LogP contribution >= 0.6 is 11.3 Å². The number of rotatable bonds is 8. The van der Waals surface area contributed by atoms with Gasteiger partial charge in [-0.3, -0.25) is 4.79 Å². The minimum atomic E-state index is -0.381. The van der Waals surface area contributed by atoms with Gasteiger partial charge in [0.25, 0.3) is 0 Å². The summed E-state index contributed by atoms with van der Waals surface area (Å²) in [6.07, 6.45) is 1.55. The van der Waals surface area contributed by atoms with Crippen molar-refractivity contribution in [2.24, 2.45) is 0 Å². The maximum atomic E-state index is 12.0. The summed E-state index contributed by atoms with van der Waals surface area (Å²) in [4.78, 5) is 28.7. The quantitative estimate of drug-likeness (QED) is 0.598. The summed E-state index contributed by atoms with van der Waals surface area (Å²) in [7, 11) is 1.34. The molecule has 0 aliphatic rings. The lowest BCUT2D eigenvalue weighted by Crippen LogP contribution is -2.22. The molecule has 3 rings (SSSR count). The number of esters is 1. The third-order valence-electron chi connectivity index (χ3n) is 3.87. The third-order valence-corrected chi connectivity index (χ3v) is 4.73. The molecular formula is C19H19N3O4S. The molecule has 2 heterocycles. The highest BCUT2D eigenvalue weighted by atomic mass is 32.1. The summed E-state index contributed by atoms with van der Waals surface area (Å²) in [5.74, 6) is 0.684. The molecule has 0 atom stereocenters. The number of thiophene rings is 1. The Balaban J connectivity index is 1.39. The molecule has 27 heavy (non-hydrogen) atoms. The van der Waals surface area contributed by atoms with Crippen molar-refractivity contribution in [3.05, 3.63) is 58.8 Å². The zero-order valence-corrected chi connectivity index (χ0v) is 15.6. The van der Waals surface area contributed by atoms with Crippen LogP contribution in [0.15, 0.2) is 46.3 Å². The number of benzene rings is 1. The minimum absolute atomic E-state index is 0.0509. The Morgan fingerprint density at radius 2 is 2.04 bits per heavy atom. The number of nitrogens with one attached hydrogen (secondary N) is 1. The molecule has 0 bridgehead atoms. The maximum Gasteiger partial charge on any atom is 0.337 e. The maximum absolute atomic E-state index is 12.0. The number of ether oxygens (including phenoxy) is 1. The van der Waals surface area contributed by atoms with Crippen molar-refractivity contribution in [1.29, 1.82) is 0 Å². The second-order valence-corrected chi connectivity index (χ2v) is 6.76. The molecule has 0 aliphatic carbocycles. The minimum Gasteiger partial charge on any atom is -0.465 e. The summed E-state index contributed by atoms with van der Waals surface area (Å²) in [6.45, 7) is 0.406. The first-order valence-electron chi connectivity index (χ1n) is 8.46. The zero-order valence-electron chi connectivity index (χ0n) is 14.8. The van der Waals surface area contributed by atoms with Gasteiger partial charge >= 0.3 is 5.97 Å². The fourth-order valence-corrected chi connectivity index (χ4v) is 3.08. The molecule has 8 heteroatoms. The highest BCUT2D eigenvalue weighted by Gasteiger charge is 2.10. The van der Waals surface area contributed by atoms with E-state index in [2.05, 4.69) is 20.2 Å². The van der Waals surface area contributed by atoms with Gasteiger partial charge in [-0.15, -0.1) is 11.3 Å². The van der Waals surface area contributed by atoms with E-state index >= 15 is 0 Å². The molecule has 0 radical (unpaired) electrons. The summed E-state index contributed by atoms with van der Waals surface area (Å²) in [5.41, 5.74) is 1.39. The van der Waals surface area contributed by atoms with Gasteiger partial charge in [-0.05, 0) is 35.6 Å². The van der Waals surface area contributed by atoms with Gasteiger partial charge in [-0.25, -0.2) is 4.79 Å². The summed E-state index contributed by atoms with van der Waals surface area (Å²) < 4.78 is 9.87. The average Bonchev–Trinajstić information content (AvgIpc) is 3.38. The summed E-state index contributed by atoms with van der Waals surface area (Å²) in [5, 5.41) is 8.76. The van der Waals surface area contributed by atoms with E-state index in [4.69, 9.17) is 4.52 Å². The number of aryl methyl sites for hydroxylation is 1. The van der Waals surface area contributed by atoms with E-state index in [1.165, 1.54) is 7.11 Å². The predicted molar refractivity (Wildman–Crippen MR) is 100 cm³/mol. The molecule has 1 aromatic carbocycles. The van der Waals surface area contributed by atoms with Gasteiger partial charge in [0.1, 0.15) is 0 Å². The average molecular weight is 385 g/mol. The Bertz CT molecular complexity index is 888. The van der Waals surface area contributed by atoms with Crippen molar-refractivity contribution in [3.63, 3.8) is 0 Å². The molecule has 0 unspecified atom stereocenters. The molecule has 2 aromatic heterocycles. The van der Waals surface area contributed by atoms with Gasteiger partial charge < -0.3 is 14.6 Å². The van der Waals surface area contributed by atoms with Crippen molar-refractivity contribution in [2.45, 2.75) is 25.8 Å². The monoisotopic (exact) mass is 385 g/mol. The van der Waals surface area contributed by atoms with Gasteiger partial charge in [0, 0.05) is 19.4 Å². The fourth-order valence-electron chi connectivity index (χ4n) is 2.43.